The Morgan fingerprint density at radius 1 is 1.38 bits per heavy atom. The fraction of sp³-hybridized carbons (Fsp3) is 0.462. The number of carboxylic acid groups (broad SMARTS) is 1. The Kier molecular flexibility index (Phi) is 5.46. The van der Waals surface area contributed by atoms with Crippen LogP contribution in [0.5, 0.6) is 0 Å². The zero-order valence-corrected chi connectivity index (χ0v) is 11.7. The lowest BCUT2D eigenvalue weighted by Gasteiger charge is -2.35. The van der Waals surface area contributed by atoms with Crippen molar-refractivity contribution in [1.29, 1.82) is 5.26 Å². The average Bonchev–Trinajstić information content (AvgIpc) is 3.00. The lowest BCUT2D eigenvalue weighted by molar-refractivity contribution is -0.242. The molecule has 1 N–H and O–H groups in total. The molecule has 0 saturated carbocycles. The molecule has 21 heavy (non-hydrogen) atoms. The Bertz CT molecular complexity index is 527. The van der Waals surface area contributed by atoms with Crippen LogP contribution in [-0.2, 0) is 23.8 Å². The quantitative estimate of drug-likeness (QED) is 0.578. The predicted octanol–water partition coefficient (Wildman–Crippen LogP) is 0.750. The number of aliphatic carboxylic acids is 1. The van der Waals surface area contributed by atoms with Crippen molar-refractivity contribution in [3.05, 3.63) is 24.2 Å². The normalized spacial score (nSPS) is 14.0. The Labute approximate surface area is 120 Å². The molecule has 0 unspecified atom stereocenters. The highest BCUT2D eigenvalue weighted by Gasteiger charge is 2.56. The largest absolute Gasteiger partial charge is 0.480 e. The molecular weight excluding hydrogens is 282 g/mol. The second-order valence-corrected chi connectivity index (χ2v) is 4.01. The van der Waals surface area contributed by atoms with Gasteiger partial charge in [0.25, 0.3) is 5.79 Å². The van der Waals surface area contributed by atoms with Crippen molar-refractivity contribution in [2.75, 3.05) is 21.3 Å². The van der Waals surface area contributed by atoms with Crippen LogP contribution in [0.1, 0.15) is 11.7 Å². The topological polar surface area (TPSA) is 119 Å². The summed E-state index contributed by atoms with van der Waals surface area (Å²) in [5.41, 5.74) is 0. The van der Waals surface area contributed by atoms with E-state index >= 15 is 0 Å². The molecule has 114 valence electrons. The molecule has 0 amide bonds. The minimum atomic E-state index is -2.12. The first-order valence-electron chi connectivity index (χ1n) is 5.83. The van der Waals surface area contributed by atoms with Crippen molar-refractivity contribution in [3.63, 3.8) is 0 Å². The summed E-state index contributed by atoms with van der Waals surface area (Å²) in [5, 5.41) is 18.4. The highest BCUT2D eigenvalue weighted by atomic mass is 16.7. The second-order valence-electron chi connectivity index (χ2n) is 4.01. The summed E-state index contributed by atoms with van der Waals surface area (Å²) in [6.45, 7) is 0. The van der Waals surface area contributed by atoms with Gasteiger partial charge in [-0.2, -0.15) is 5.26 Å². The van der Waals surface area contributed by atoms with E-state index in [1.54, 1.807) is 6.07 Å². The monoisotopic (exact) mass is 297 g/mol. The SMILES string of the molecule is COC(=O)C(OC)(OC)[C@@H](c1ccco1)[C@@H](C#N)C(=O)O. The summed E-state index contributed by atoms with van der Waals surface area (Å²) < 4.78 is 19.9. The minimum absolute atomic E-state index is 0.0538. The molecule has 0 spiro atoms. The van der Waals surface area contributed by atoms with Gasteiger partial charge in [0.05, 0.1) is 19.4 Å². The standard InChI is InChI=1S/C13H15NO7/c1-18-12(17)13(19-2,20-3)10(8(7-14)11(15)16)9-5-4-6-21-9/h4-6,8,10H,1-3H3,(H,15,16)/t8-,10-/m1/s1. The molecule has 0 aliphatic rings. The third-order valence-corrected chi connectivity index (χ3v) is 3.07. The maximum Gasteiger partial charge on any atom is 0.367 e. The number of ether oxygens (including phenoxy) is 3. The number of methoxy groups -OCH3 is 3. The van der Waals surface area contributed by atoms with Crippen molar-refractivity contribution in [1.82, 2.24) is 0 Å². The molecule has 2 atom stereocenters. The number of hydrogen-bond donors (Lipinski definition) is 1. The number of rotatable bonds is 7. The maximum absolute atomic E-state index is 12.1. The number of hydrogen-bond acceptors (Lipinski definition) is 7. The van der Waals surface area contributed by atoms with Gasteiger partial charge >= 0.3 is 11.9 Å². The lowest BCUT2D eigenvalue weighted by atomic mass is 9.83. The first-order chi connectivity index (χ1) is 9.98. The lowest BCUT2D eigenvalue weighted by Crippen LogP contribution is -2.52. The molecule has 1 aromatic rings. The van der Waals surface area contributed by atoms with E-state index in [9.17, 15) is 14.7 Å². The van der Waals surface area contributed by atoms with E-state index in [1.165, 1.54) is 18.4 Å². The summed E-state index contributed by atoms with van der Waals surface area (Å²) in [6, 6.07) is 4.53. The van der Waals surface area contributed by atoms with Crippen LogP contribution in [0.2, 0.25) is 0 Å². The van der Waals surface area contributed by atoms with Gasteiger partial charge in [-0.25, -0.2) is 4.79 Å². The Balaban J connectivity index is 3.51. The molecule has 0 radical (unpaired) electrons. The Hall–Kier alpha value is -2.37. The number of carboxylic acids is 1. The molecule has 0 aliphatic carbocycles. The summed E-state index contributed by atoms with van der Waals surface area (Å²) in [6.07, 6.45) is 1.28. The van der Waals surface area contributed by atoms with Crippen LogP contribution in [0.15, 0.2) is 22.8 Å². The molecular formula is C13H15NO7. The molecule has 0 fully saturated rings. The van der Waals surface area contributed by atoms with Crippen molar-refractivity contribution < 1.29 is 33.3 Å². The van der Waals surface area contributed by atoms with Crippen LogP contribution in [0.4, 0.5) is 0 Å². The highest BCUT2D eigenvalue weighted by Crippen LogP contribution is 2.39. The van der Waals surface area contributed by atoms with E-state index in [4.69, 9.17) is 19.2 Å². The van der Waals surface area contributed by atoms with Crippen molar-refractivity contribution >= 4 is 11.9 Å². The summed E-state index contributed by atoms with van der Waals surface area (Å²) in [7, 11) is 3.38. The third-order valence-electron chi connectivity index (χ3n) is 3.07. The second kappa shape index (κ2) is 6.88. The number of nitrogens with zero attached hydrogens (tertiary/aromatic N) is 1. The molecule has 0 aromatic carbocycles. The van der Waals surface area contributed by atoms with E-state index < -0.39 is 29.6 Å². The van der Waals surface area contributed by atoms with Gasteiger partial charge in [0.1, 0.15) is 11.7 Å². The summed E-state index contributed by atoms with van der Waals surface area (Å²) >= 11 is 0. The predicted molar refractivity (Wildman–Crippen MR) is 67.0 cm³/mol. The van der Waals surface area contributed by atoms with Crippen LogP contribution in [-0.4, -0.2) is 44.2 Å². The van der Waals surface area contributed by atoms with E-state index in [1.807, 2.05) is 0 Å². The highest BCUT2D eigenvalue weighted by molar-refractivity contribution is 5.82. The van der Waals surface area contributed by atoms with Gasteiger partial charge in [-0.15, -0.1) is 0 Å². The first kappa shape index (κ1) is 16.7. The van der Waals surface area contributed by atoms with Gasteiger partial charge < -0.3 is 23.7 Å². The fourth-order valence-electron chi connectivity index (χ4n) is 2.08. The van der Waals surface area contributed by atoms with Crippen LogP contribution >= 0.6 is 0 Å². The molecule has 1 heterocycles. The Morgan fingerprint density at radius 3 is 2.33 bits per heavy atom. The molecule has 1 rings (SSSR count). The van der Waals surface area contributed by atoms with Crippen molar-refractivity contribution in [3.8, 4) is 6.07 Å². The molecule has 0 bridgehead atoms. The van der Waals surface area contributed by atoms with Gasteiger partial charge in [0.15, 0.2) is 5.92 Å². The molecule has 0 aliphatic heterocycles. The van der Waals surface area contributed by atoms with Crippen LogP contribution < -0.4 is 0 Å². The molecule has 0 saturated heterocycles. The molecule has 1 aromatic heterocycles. The van der Waals surface area contributed by atoms with Gasteiger partial charge in [-0.1, -0.05) is 0 Å². The smallest absolute Gasteiger partial charge is 0.367 e. The van der Waals surface area contributed by atoms with Gasteiger partial charge in [0.2, 0.25) is 0 Å². The van der Waals surface area contributed by atoms with Gasteiger partial charge in [-0.3, -0.25) is 4.79 Å². The summed E-state index contributed by atoms with van der Waals surface area (Å²) in [4.78, 5) is 23.4. The van der Waals surface area contributed by atoms with E-state index in [2.05, 4.69) is 4.74 Å². The zero-order chi connectivity index (χ0) is 16.0. The van der Waals surface area contributed by atoms with E-state index in [0.717, 1.165) is 21.3 Å². The number of furan rings is 1. The number of esters is 1. The molecule has 8 nitrogen and oxygen atoms in total. The number of carbonyl (C=O) groups is 2. The van der Waals surface area contributed by atoms with Crippen molar-refractivity contribution in [2.24, 2.45) is 5.92 Å². The van der Waals surface area contributed by atoms with Crippen LogP contribution in [0.3, 0.4) is 0 Å². The Morgan fingerprint density at radius 2 is 2.00 bits per heavy atom. The fourth-order valence-corrected chi connectivity index (χ4v) is 2.08. The summed E-state index contributed by atoms with van der Waals surface area (Å²) in [5.74, 6) is -7.48. The average molecular weight is 297 g/mol. The van der Waals surface area contributed by atoms with Crippen LogP contribution in [0, 0.1) is 17.2 Å². The number of carbonyl (C=O) groups excluding carboxylic acids is 1. The van der Waals surface area contributed by atoms with Crippen LogP contribution in [0.25, 0.3) is 0 Å². The van der Waals surface area contributed by atoms with Crippen molar-refractivity contribution in [2.45, 2.75) is 11.7 Å². The zero-order valence-electron chi connectivity index (χ0n) is 11.7. The number of nitriles is 1. The molecule has 8 heteroatoms. The minimum Gasteiger partial charge on any atom is -0.480 e. The van der Waals surface area contributed by atoms with E-state index in [0.29, 0.717) is 0 Å². The van der Waals surface area contributed by atoms with Gasteiger partial charge in [0, 0.05) is 14.2 Å². The van der Waals surface area contributed by atoms with Gasteiger partial charge in [-0.05, 0) is 12.1 Å². The third kappa shape index (κ3) is 2.89. The van der Waals surface area contributed by atoms with E-state index in [-0.39, 0.29) is 5.76 Å². The maximum atomic E-state index is 12.1. The first-order valence-corrected chi connectivity index (χ1v) is 5.83.